The second-order valence-electron chi connectivity index (χ2n) is 6.09. The molecule has 1 amide bonds. The zero-order valence-corrected chi connectivity index (χ0v) is 15.3. The highest BCUT2D eigenvalue weighted by molar-refractivity contribution is 5.87. The maximum absolute atomic E-state index is 12.3. The summed E-state index contributed by atoms with van der Waals surface area (Å²) in [5.41, 5.74) is 1.68. The third-order valence-electron chi connectivity index (χ3n) is 3.99. The van der Waals surface area contributed by atoms with Gasteiger partial charge in [0.25, 0.3) is 5.56 Å². The van der Waals surface area contributed by atoms with Crippen molar-refractivity contribution >= 4 is 12.0 Å². The molecule has 0 aliphatic rings. The number of nitrogens with zero attached hydrogens (tertiary/aromatic N) is 2. The van der Waals surface area contributed by atoms with Gasteiger partial charge in [-0.05, 0) is 35.2 Å². The van der Waals surface area contributed by atoms with Crippen LogP contribution in [0.3, 0.4) is 0 Å². The van der Waals surface area contributed by atoms with Crippen LogP contribution in [0.15, 0.2) is 71.5 Å². The summed E-state index contributed by atoms with van der Waals surface area (Å²) in [7, 11) is 0. The van der Waals surface area contributed by atoms with Crippen molar-refractivity contribution in [3.05, 3.63) is 99.5 Å². The van der Waals surface area contributed by atoms with Crippen molar-refractivity contribution in [1.82, 2.24) is 15.1 Å². The molecule has 1 heterocycles. The van der Waals surface area contributed by atoms with Crippen molar-refractivity contribution in [3.8, 4) is 11.8 Å². The van der Waals surface area contributed by atoms with Gasteiger partial charge in [-0.1, -0.05) is 48.4 Å². The molecule has 0 aliphatic heterocycles. The van der Waals surface area contributed by atoms with Crippen LogP contribution < -0.4 is 10.9 Å². The molecule has 144 valence electrons. The van der Waals surface area contributed by atoms with E-state index in [1.165, 1.54) is 24.3 Å². The maximum Gasteiger partial charge on any atom is 0.345 e. The molecule has 3 aromatic rings. The number of amides is 1. The number of aromatic nitrogens is 2. The van der Waals surface area contributed by atoms with Crippen LogP contribution >= 0.6 is 0 Å². The Labute approximate surface area is 166 Å². The minimum absolute atomic E-state index is 0.206. The lowest BCUT2D eigenvalue weighted by Crippen LogP contribution is -2.37. The molecule has 7 heteroatoms. The summed E-state index contributed by atoms with van der Waals surface area (Å²) in [6, 6.07) is 17.8. The van der Waals surface area contributed by atoms with Gasteiger partial charge in [-0.3, -0.25) is 4.79 Å². The molecule has 1 aromatic heterocycles. The van der Waals surface area contributed by atoms with Crippen LogP contribution in [-0.4, -0.2) is 26.9 Å². The molecule has 0 saturated carbocycles. The molecule has 2 N–H and O–H groups in total. The van der Waals surface area contributed by atoms with Crippen molar-refractivity contribution in [2.75, 3.05) is 0 Å². The minimum atomic E-state index is -0.986. The summed E-state index contributed by atoms with van der Waals surface area (Å²) in [6.07, 6.45) is 0.376. The fourth-order valence-electron chi connectivity index (χ4n) is 2.47. The van der Waals surface area contributed by atoms with Gasteiger partial charge in [-0.25, -0.2) is 9.59 Å². The summed E-state index contributed by atoms with van der Waals surface area (Å²) in [4.78, 5) is 35.1. The van der Waals surface area contributed by atoms with Crippen LogP contribution in [0.25, 0.3) is 0 Å². The molecule has 0 unspecified atom stereocenters. The van der Waals surface area contributed by atoms with Gasteiger partial charge < -0.3 is 10.4 Å². The van der Waals surface area contributed by atoms with E-state index >= 15 is 0 Å². The summed E-state index contributed by atoms with van der Waals surface area (Å²) >= 11 is 0. The monoisotopic (exact) mass is 387 g/mol. The Morgan fingerprint density at radius 1 is 0.966 bits per heavy atom. The van der Waals surface area contributed by atoms with E-state index in [2.05, 4.69) is 22.3 Å². The average Bonchev–Trinajstić information content (AvgIpc) is 2.74. The lowest BCUT2D eigenvalue weighted by molar-refractivity contribution is 0.0697. The van der Waals surface area contributed by atoms with Crippen LogP contribution in [0.1, 0.15) is 27.2 Å². The second-order valence-corrected chi connectivity index (χ2v) is 6.09. The molecule has 3 rings (SSSR count). The lowest BCUT2D eigenvalue weighted by atomic mass is 10.1. The Kier molecular flexibility index (Phi) is 6.18. The summed E-state index contributed by atoms with van der Waals surface area (Å²) in [5.74, 6) is 4.73. The number of benzene rings is 2. The van der Waals surface area contributed by atoms with E-state index in [1.807, 2.05) is 30.3 Å². The lowest BCUT2D eigenvalue weighted by Gasteiger charge is -2.06. The SMILES string of the molecule is O=C(O)c1ccc(CC#Cc2ccc(=O)n(C(=O)NCc3ccccc3)n2)cc1. The van der Waals surface area contributed by atoms with E-state index in [1.54, 1.807) is 12.1 Å². The molecule has 0 saturated heterocycles. The highest BCUT2D eigenvalue weighted by Crippen LogP contribution is 2.05. The van der Waals surface area contributed by atoms with Crippen molar-refractivity contribution in [1.29, 1.82) is 0 Å². The first-order valence-electron chi connectivity index (χ1n) is 8.76. The zero-order chi connectivity index (χ0) is 20.6. The number of carboxylic acids is 1. The second kappa shape index (κ2) is 9.15. The van der Waals surface area contributed by atoms with Crippen LogP contribution in [0, 0.1) is 11.8 Å². The molecule has 2 aromatic carbocycles. The molecule has 7 nitrogen and oxygen atoms in total. The standard InChI is InChI=1S/C22H17N3O4/c26-20-14-13-19(8-4-7-16-9-11-18(12-10-16)21(27)28)24-25(20)22(29)23-15-17-5-2-1-3-6-17/h1-3,5-6,9-14H,7,15H2,(H,23,29)(H,27,28). The molecular weight excluding hydrogens is 370 g/mol. The van der Waals surface area contributed by atoms with Gasteiger partial charge in [0, 0.05) is 19.0 Å². The van der Waals surface area contributed by atoms with E-state index in [9.17, 15) is 14.4 Å². The number of nitrogens with one attached hydrogen (secondary N) is 1. The molecule has 0 bridgehead atoms. The van der Waals surface area contributed by atoms with Crippen LogP contribution in [-0.2, 0) is 13.0 Å². The van der Waals surface area contributed by atoms with Gasteiger partial charge in [0.05, 0.1) is 5.56 Å². The van der Waals surface area contributed by atoms with Crippen molar-refractivity contribution < 1.29 is 14.7 Å². The summed E-state index contributed by atoms with van der Waals surface area (Å²) in [6.45, 7) is 0.274. The maximum atomic E-state index is 12.3. The van der Waals surface area contributed by atoms with Gasteiger partial charge in [0.15, 0.2) is 0 Å². The summed E-state index contributed by atoms with van der Waals surface area (Å²) < 4.78 is 0.745. The molecule has 0 spiro atoms. The van der Waals surface area contributed by atoms with Gasteiger partial charge in [-0.15, -0.1) is 4.68 Å². The number of hydrogen-bond donors (Lipinski definition) is 2. The number of aromatic carboxylic acids is 1. The molecule has 0 fully saturated rings. The van der Waals surface area contributed by atoms with E-state index in [-0.39, 0.29) is 17.8 Å². The Morgan fingerprint density at radius 2 is 1.69 bits per heavy atom. The van der Waals surface area contributed by atoms with Crippen LogP contribution in [0.4, 0.5) is 4.79 Å². The van der Waals surface area contributed by atoms with Gasteiger partial charge in [0.1, 0.15) is 5.69 Å². The number of rotatable bonds is 4. The topological polar surface area (TPSA) is 101 Å². The van der Waals surface area contributed by atoms with E-state index in [0.717, 1.165) is 15.8 Å². The molecule has 0 aliphatic carbocycles. The zero-order valence-electron chi connectivity index (χ0n) is 15.3. The van der Waals surface area contributed by atoms with Crippen LogP contribution in [0.5, 0.6) is 0 Å². The predicted octanol–water partition coefficient (Wildman–Crippen LogP) is 2.29. The fraction of sp³-hybridized carbons (Fsp3) is 0.0909. The number of carbonyl (C=O) groups excluding carboxylic acids is 1. The third kappa shape index (κ3) is 5.40. The first kappa shape index (κ1) is 19.6. The first-order valence-corrected chi connectivity index (χ1v) is 8.76. The Hall–Kier alpha value is -4.18. The molecular formula is C22H17N3O4. The number of carbonyl (C=O) groups is 2. The Bertz CT molecular complexity index is 1140. The Morgan fingerprint density at radius 3 is 2.38 bits per heavy atom. The highest BCUT2D eigenvalue weighted by Gasteiger charge is 2.08. The first-order chi connectivity index (χ1) is 14.0. The van der Waals surface area contributed by atoms with Gasteiger partial charge >= 0.3 is 12.0 Å². The number of hydrogen-bond acceptors (Lipinski definition) is 4. The van der Waals surface area contributed by atoms with Crippen molar-refractivity contribution in [2.45, 2.75) is 13.0 Å². The largest absolute Gasteiger partial charge is 0.478 e. The Balaban J connectivity index is 1.67. The smallest absolute Gasteiger partial charge is 0.345 e. The molecule has 0 atom stereocenters. The number of carboxylic acid groups (broad SMARTS) is 1. The van der Waals surface area contributed by atoms with Crippen molar-refractivity contribution in [2.24, 2.45) is 0 Å². The van der Waals surface area contributed by atoms with E-state index < -0.39 is 17.6 Å². The normalized spacial score (nSPS) is 9.93. The predicted molar refractivity (Wildman–Crippen MR) is 107 cm³/mol. The van der Waals surface area contributed by atoms with Gasteiger partial charge in [-0.2, -0.15) is 5.10 Å². The fourth-order valence-corrected chi connectivity index (χ4v) is 2.47. The van der Waals surface area contributed by atoms with Crippen molar-refractivity contribution in [3.63, 3.8) is 0 Å². The van der Waals surface area contributed by atoms with E-state index in [0.29, 0.717) is 6.42 Å². The van der Waals surface area contributed by atoms with Gasteiger partial charge in [0.2, 0.25) is 0 Å². The third-order valence-corrected chi connectivity index (χ3v) is 3.99. The minimum Gasteiger partial charge on any atom is -0.478 e. The molecule has 0 radical (unpaired) electrons. The average molecular weight is 387 g/mol. The van der Waals surface area contributed by atoms with Crippen LogP contribution in [0.2, 0.25) is 0 Å². The highest BCUT2D eigenvalue weighted by atomic mass is 16.4. The molecule has 29 heavy (non-hydrogen) atoms. The quantitative estimate of drug-likeness (QED) is 0.669. The van der Waals surface area contributed by atoms with E-state index in [4.69, 9.17) is 5.11 Å². The summed E-state index contributed by atoms with van der Waals surface area (Å²) in [5, 5.41) is 15.5.